The summed E-state index contributed by atoms with van der Waals surface area (Å²) in [6, 6.07) is 6.14. The minimum Gasteiger partial charge on any atom is -0.405 e. The fourth-order valence-corrected chi connectivity index (χ4v) is 4.59. The molecule has 0 bridgehead atoms. The lowest BCUT2D eigenvalue weighted by Gasteiger charge is -2.32. The van der Waals surface area contributed by atoms with Gasteiger partial charge in [-0.05, 0) is 32.4 Å². The van der Waals surface area contributed by atoms with Crippen LogP contribution in [0.4, 0.5) is 13.2 Å². The Morgan fingerprint density at radius 1 is 1.26 bits per heavy atom. The number of hydrogen-bond donors (Lipinski definition) is 1. The number of carbonyl (C=O) groups excluding carboxylic acids is 1. The third kappa shape index (κ3) is 5.61. The van der Waals surface area contributed by atoms with Crippen LogP contribution < -0.4 is 10.1 Å². The SMILES string of the molecule is C=CCn1nc(C(=O)N2CCN(C)CC2)c2c1CCC(NCc1ccccc1OC(F)(F)F)C2. The third-order valence-corrected chi connectivity index (χ3v) is 6.42. The number of likely N-dealkylation sites (N-methyl/N-ethyl adjacent to an activating group) is 1. The van der Waals surface area contributed by atoms with Gasteiger partial charge in [0.15, 0.2) is 5.69 Å². The Hall–Kier alpha value is -2.85. The summed E-state index contributed by atoms with van der Waals surface area (Å²) in [6.07, 6.45) is -0.873. The number of piperazine rings is 1. The van der Waals surface area contributed by atoms with Gasteiger partial charge in [0, 0.05) is 55.6 Å². The number of carbonyl (C=O) groups is 1. The molecule has 7 nitrogen and oxygen atoms in total. The number of nitrogens with one attached hydrogen (secondary N) is 1. The number of rotatable bonds is 7. The predicted octanol–water partition coefficient (Wildman–Crippen LogP) is 3.00. The van der Waals surface area contributed by atoms with E-state index in [4.69, 9.17) is 0 Å². The summed E-state index contributed by atoms with van der Waals surface area (Å²) in [5, 5.41) is 8.01. The van der Waals surface area contributed by atoms with E-state index in [0.29, 0.717) is 37.3 Å². The summed E-state index contributed by atoms with van der Waals surface area (Å²) in [5.74, 6) is -0.263. The molecule has 2 heterocycles. The van der Waals surface area contributed by atoms with Crippen LogP contribution in [0.1, 0.15) is 33.7 Å². The van der Waals surface area contributed by atoms with Crippen LogP contribution in [-0.2, 0) is 25.9 Å². The lowest BCUT2D eigenvalue weighted by Crippen LogP contribution is -2.47. The minimum absolute atomic E-state index is 0.00635. The lowest BCUT2D eigenvalue weighted by molar-refractivity contribution is -0.274. The van der Waals surface area contributed by atoms with Crippen LogP contribution in [0.5, 0.6) is 5.75 Å². The molecular formula is C24H30F3N5O2. The average molecular weight is 478 g/mol. The number of hydrogen-bond acceptors (Lipinski definition) is 5. The quantitative estimate of drug-likeness (QED) is 0.622. The van der Waals surface area contributed by atoms with Crippen molar-refractivity contribution in [2.75, 3.05) is 33.2 Å². The van der Waals surface area contributed by atoms with Gasteiger partial charge in [0.1, 0.15) is 5.75 Å². The Labute approximate surface area is 197 Å². The second-order valence-corrected chi connectivity index (χ2v) is 8.82. The van der Waals surface area contributed by atoms with Gasteiger partial charge in [-0.25, -0.2) is 0 Å². The first-order valence-electron chi connectivity index (χ1n) is 11.5. The number of benzene rings is 1. The molecule has 184 valence electrons. The van der Waals surface area contributed by atoms with Crippen LogP contribution in [0.25, 0.3) is 0 Å². The molecule has 2 aromatic rings. The van der Waals surface area contributed by atoms with Crippen LogP contribution >= 0.6 is 0 Å². The summed E-state index contributed by atoms with van der Waals surface area (Å²) >= 11 is 0. The van der Waals surface area contributed by atoms with Crippen molar-refractivity contribution in [3.05, 3.63) is 59.4 Å². The standard InChI is InChI=1S/C24H30F3N5O2/c1-3-10-32-20-9-8-18(28-16-17-6-4-5-7-21(17)34-24(25,26)27)15-19(20)22(29-32)23(33)31-13-11-30(2)12-14-31/h3-7,18,28H,1,8-16H2,2H3. The van der Waals surface area contributed by atoms with Gasteiger partial charge < -0.3 is 19.9 Å². The first-order chi connectivity index (χ1) is 16.2. The molecular weight excluding hydrogens is 447 g/mol. The van der Waals surface area contributed by atoms with Gasteiger partial charge in [-0.1, -0.05) is 24.3 Å². The van der Waals surface area contributed by atoms with Crippen LogP contribution in [-0.4, -0.2) is 71.1 Å². The van der Waals surface area contributed by atoms with E-state index in [-0.39, 0.29) is 24.2 Å². The van der Waals surface area contributed by atoms with Crippen LogP contribution in [0.2, 0.25) is 0 Å². The highest BCUT2D eigenvalue weighted by Crippen LogP contribution is 2.29. The normalized spacial score (nSPS) is 19.1. The molecule has 1 saturated heterocycles. The molecule has 1 aliphatic carbocycles. The summed E-state index contributed by atoms with van der Waals surface area (Å²) in [4.78, 5) is 17.4. The zero-order valence-corrected chi connectivity index (χ0v) is 19.3. The molecule has 1 fully saturated rings. The smallest absolute Gasteiger partial charge is 0.405 e. The maximum Gasteiger partial charge on any atom is 0.573 e. The van der Waals surface area contributed by atoms with E-state index in [9.17, 15) is 18.0 Å². The second-order valence-electron chi connectivity index (χ2n) is 8.82. The molecule has 4 rings (SSSR count). The summed E-state index contributed by atoms with van der Waals surface area (Å²) < 4.78 is 44.3. The fourth-order valence-electron chi connectivity index (χ4n) is 4.59. The number of allylic oxidation sites excluding steroid dienone is 1. The molecule has 1 amide bonds. The molecule has 10 heteroatoms. The number of nitrogens with zero attached hydrogens (tertiary/aromatic N) is 4. The monoisotopic (exact) mass is 477 g/mol. The van der Waals surface area contributed by atoms with Gasteiger partial charge in [-0.3, -0.25) is 9.48 Å². The fraction of sp³-hybridized carbons (Fsp3) is 0.500. The van der Waals surface area contributed by atoms with E-state index in [2.05, 4.69) is 26.6 Å². The minimum atomic E-state index is -4.74. The molecule has 1 aromatic carbocycles. The molecule has 1 unspecified atom stereocenters. The van der Waals surface area contributed by atoms with Crippen molar-refractivity contribution in [2.24, 2.45) is 0 Å². The number of halogens is 3. The van der Waals surface area contributed by atoms with Crippen molar-refractivity contribution >= 4 is 5.91 Å². The molecule has 1 aromatic heterocycles. The Morgan fingerprint density at radius 3 is 2.71 bits per heavy atom. The van der Waals surface area contributed by atoms with E-state index in [0.717, 1.165) is 37.2 Å². The maximum atomic E-state index is 13.3. The van der Waals surface area contributed by atoms with Crippen molar-refractivity contribution in [3.8, 4) is 5.75 Å². The molecule has 34 heavy (non-hydrogen) atoms. The van der Waals surface area contributed by atoms with Gasteiger partial charge in [-0.2, -0.15) is 5.10 Å². The van der Waals surface area contributed by atoms with E-state index in [1.54, 1.807) is 18.2 Å². The molecule has 1 N–H and O–H groups in total. The van der Waals surface area contributed by atoms with Crippen molar-refractivity contribution in [1.29, 1.82) is 0 Å². The number of ether oxygens (including phenoxy) is 1. The summed E-state index contributed by atoms with van der Waals surface area (Å²) in [6.45, 7) is 7.53. The molecule has 0 spiro atoms. The van der Waals surface area contributed by atoms with Crippen LogP contribution in [0.3, 0.4) is 0 Å². The molecule has 1 atom stereocenters. The maximum absolute atomic E-state index is 13.3. The molecule has 0 saturated carbocycles. The first-order valence-corrected chi connectivity index (χ1v) is 11.5. The molecule has 0 radical (unpaired) electrons. The van der Waals surface area contributed by atoms with Crippen LogP contribution in [0.15, 0.2) is 36.9 Å². The lowest BCUT2D eigenvalue weighted by atomic mass is 9.90. The average Bonchev–Trinajstić information content (AvgIpc) is 3.15. The van der Waals surface area contributed by atoms with Crippen molar-refractivity contribution in [1.82, 2.24) is 24.9 Å². The van der Waals surface area contributed by atoms with Gasteiger partial charge in [0.25, 0.3) is 5.91 Å². The first kappa shape index (κ1) is 24.3. The Kier molecular flexibility index (Phi) is 7.27. The van der Waals surface area contributed by atoms with Crippen LogP contribution in [0, 0.1) is 0 Å². The van der Waals surface area contributed by atoms with E-state index in [1.165, 1.54) is 12.1 Å². The van der Waals surface area contributed by atoms with E-state index in [1.807, 2.05) is 16.6 Å². The highest BCUT2D eigenvalue weighted by Gasteiger charge is 2.33. The highest BCUT2D eigenvalue weighted by atomic mass is 19.4. The zero-order valence-electron chi connectivity index (χ0n) is 19.3. The predicted molar refractivity (Wildman–Crippen MR) is 122 cm³/mol. The number of amides is 1. The number of aromatic nitrogens is 2. The zero-order chi connectivity index (χ0) is 24.3. The third-order valence-electron chi connectivity index (χ3n) is 6.42. The van der Waals surface area contributed by atoms with Crippen molar-refractivity contribution < 1.29 is 22.7 Å². The number of para-hydroxylation sites is 1. The Morgan fingerprint density at radius 2 is 2.00 bits per heavy atom. The topological polar surface area (TPSA) is 62.6 Å². The summed E-state index contributed by atoms with van der Waals surface area (Å²) in [5.41, 5.74) is 2.88. The second kappa shape index (κ2) is 10.2. The van der Waals surface area contributed by atoms with E-state index < -0.39 is 6.36 Å². The Balaban J connectivity index is 1.49. The van der Waals surface area contributed by atoms with Gasteiger partial charge in [0.05, 0.1) is 6.54 Å². The van der Waals surface area contributed by atoms with Crippen molar-refractivity contribution in [3.63, 3.8) is 0 Å². The Bertz CT molecular complexity index is 1030. The number of fused-ring (bicyclic) bond motifs is 1. The van der Waals surface area contributed by atoms with Gasteiger partial charge in [-0.15, -0.1) is 19.8 Å². The highest BCUT2D eigenvalue weighted by molar-refractivity contribution is 5.94. The number of alkyl halides is 3. The van der Waals surface area contributed by atoms with E-state index >= 15 is 0 Å². The van der Waals surface area contributed by atoms with Crippen molar-refractivity contribution in [2.45, 2.75) is 44.8 Å². The molecule has 1 aliphatic heterocycles. The van der Waals surface area contributed by atoms with Gasteiger partial charge in [0.2, 0.25) is 0 Å². The molecule has 2 aliphatic rings. The summed E-state index contributed by atoms with van der Waals surface area (Å²) in [7, 11) is 2.04. The largest absolute Gasteiger partial charge is 0.573 e. The van der Waals surface area contributed by atoms with Gasteiger partial charge >= 0.3 is 6.36 Å².